The molecule has 0 bridgehead atoms. The Morgan fingerprint density at radius 2 is 0.705 bits per heavy atom. The molecule has 0 heterocycles. The van der Waals surface area contributed by atoms with Crippen LogP contribution in [-0.4, -0.2) is 36.4 Å². The molecule has 1 atom stereocenters. The van der Waals surface area contributed by atoms with E-state index in [-0.39, 0.29) is 25.2 Å². The molecule has 0 aromatic heterocycles. The average molecular weight is 855 g/mol. The van der Waals surface area contributed by atoms with Gasteiger partial charge < -0.3 is 14.6 Å². The van der Waals surface area contributed by atoms with E-state index in [4.69, 9.17) is 9.47 Å². The summed E-state index contributed by atoms with van der Waals surface area (Å²) >= 11 is 0. The summed E-state index contributed by atoms with van der Waals surface area (Å²) in [5.74, 6) is -0.579. The van der Waals surface area contributed by atoms with E-state index in [2.05, 4.69) is 62.5 Å². The van der Waals surface area contributed by atoms with Gasteiger partial charge in [0.2, 0.25) is 0 Å². The fraction of sp³-hybridized carbons (Fsp3) is 0.821. The van der Waals surface area contributed by atoms with E-state index in [9.17, 15) is 14.7 Å². The van der Waals surface area contributed by atoms with Gasteiger partial charge in [-0.25, -0.2) is 0 Å². The van der Waals surface area contributed by atoms with Crippen LogP contribution in [0.15, 0.2) is 48.6 Å². The van der Waals surface area contributed by atoms with E-state index in [0.29, 0.717) is 12.8 Å². The average Bonchev–Trinajstić information content (AvgIpc) is 3.26. The Labute approximate surface area is 379 Å². The highest BCUT2D eigenvalue weighted by atomic mass is 16.6. The summed E-state index contributed by atoms with van der Waals surface area (Å²) in [6.45, 7) is 4.03. The van der Waals surface area contributed by atoms with Gasteiger partial charge in [-0.1, -0.05) is 262 Å². The van der Waals surface area contributed by atoms with Crippen LogP contribution >= 0.6 is 0 Å². The van der Waals surface area contributed by atoms with Crippen molar-refractivity contribution in [2.24, 2.45) is 0 Å². The van der Waals surface area contributed by atoms with E-state index in [0.717, 1.165) is 64.2 Å². The lowest BCUT2D eigenvalue weighted by atomic mass is 10.0. The number of allylic oxidation sites excluding steroid dienone is 8. The zero-order valence-electron chi connectivity index (χ0n) is 40.7. The van der Waals surface area contributed by atoms with Crippen LogP contribution in [0.25, 0.3) is 0 Å². The highest BCUT2D eigenvalue weighted by Gasteiger charge is 2.16. The zero-order chi connectivity index (χ0) is 44.2. The van der Waals surface area contributed by atoms with Crippen molar-refractivity contribution >= 4 is 11.9 Å². The van der Waals surface area contributed by atoms with Crippen LogP contribution in [0.3, 0.4) is 0 Å². The summed E-state index contributed by atoms with van der Waals surface area (Å²) in [4.78, 5) is 24.3. The quantitative estimate of drug-likeness (QED) is 0.0375. The van der Waals surface area contributed by atoms with Crippen molar-refractivity contribution < 1.29 is 24.2 Å². The third-order valence-corrected chi connectivity index (χ3v) is 11.9. The summed E-state index contributed by atoms with van der Waals surface area (Å²) in [5, 5.41) is 9.58. The number of carbonyl (C=O) groups excluding carboxylic acids is 2. The number of hydrogen-bond acceptors (Lipinski definition) is 5. The molecule has 5 nitrogen and oxygen atoms in total. The van der Waals surface area contributed by atoms with Crippen molar-refractivity contribution in [2.45, 2.75) is 283 Å². The van der Waals surface area contributed by atoms with E-state index in [1.54, 1.807) is 0 Å². The fourth-order valence-corrected chi connectivity index (χ4v) is 7.90. The van der Waals surface area contributed by atoms with Gasteiger partial charge in [0.1, 0.15) is 6.61 Å². The largest absolute Gasteiger partial charge is 0.462 e. The van der Waals surface area contributed by atoms with Crippen LogP contribution in [0, 0.1) is 0 Å². The predicted molar refractivity (Wildman–Crippen MR) is 265 cm³/mol. The smallest absolute Gasteiger partial charge is 0.306 e. The van der Waals surface area contributed by atoms with Gasteiger partial charge in [0.25, 0.3) is 0 Å². The Hall–Kier alpha value is -2.14. The normalized spacial score (nSPS) is 12.5. The first-order valence-electron chi connectivity index (χ1n) is 26.7. The topological polar surface area (TPSA) is 72.8 Å². The zero-order valence-corrected chi connectivity index (χ0v) is 40.7. The number of hydrogen-bond donors (Lipinski definition) is 1. The number of unbranched alkanes of at least 4 members (excludes halogenated alkanes) is 33. The second-order valence-corrected chi connectivity index (χ2v) is 17.9. The van der Waals surface area contributed by atoms with Crippen molar-refractivity contribution in [3.63, 3.8) is 0 Å². The number of aliphatic hydroxyl groups is 1. The molecule has 0 aliphatic rings. The summed E-state index contributed by atoms with van der Waals surface area (Å²) in [6, 6.07) is 0. The van der Waals surface area contributed by atoms with Crippen molar-refractivity contribution in [3.8, 4) is 0 Å². The molecule has 61 heavy (non-hydrogen) atoms. The molecule has 1 unspecified atom stereocenters. The Morgan fingerprint density at radius 3 is 1.07 bits per heavy atom. The lowest BCUT2D eigenvalue weighted by Gasteiger charge is -2.15. The molecule has 0 spiro atoms. The molecular formula is C56H102O5. The van der Waals surface area contributed by atoms with Gasteiger partial charge in [-0.2, -0.15) is 0 Å². The van der Waals surface area contributed by atoms with E-state index < -0.39 is 6.10 Å². The highest BCUT2D eigenvalue weighted by molar-refractivity contribution is 5.70. The van der Waals surface area contributed by atoms with Crippen molar-refractivity contribution in [1.29, 1.82) is 0 Å². The van der Waals surface area contributed by atoms with Crippen LogP contribution in [0.4, 0.5) is 0 Å². The summed E-state index contributed by atoms with van der Waals surface area (Å²) in [6.07, 6.45) is 68.2. The highest BCUT2D eigenvalue weighted by Crippen LogP contribution is 2.17. The summed E-state index contributed by atoms with van der Waals surface area (Å²) in [5.41, 5.74) is 0. The minimum absolute atomic E-state index is 0.0602. The summed E-state index contributed by atoms with van der Waals surface area (Å²) < 4.78 is 10.6. The first-order chi connectivity index (χ1) is 30.1. The van der Waals surface area contributed by atoms with Crippen LogP contribution in [0.2, 0.25) is 0 Å². The number of ether oxygens (including phenoxy) is 2. The molecule has 1 N–H and O–H groups in total. The molecule has 0 radical (unpaired) electrons. The standard InChI is InChI=1S/C56H102O5/c1-3-5-7-9-11-13-15-16-17-18-19-20-21-22-23-24-25-26-27-28-29-30-31-32-33-34-35-36-37-38-39-40-41-43-45-47-49-51-56(59)61-54(52-57)53-60-55(58)50-48-46-44-42-14-12-10-8-6-4-2/h5,7,11,13,16-17,19-20,54,57H,3-4,6,8-10,12,14-15,18,21-53H2,1-2H3/b7-5-,13-11-,17-16-,20-19-. The van der Waals surface area contributed by atoms with Crippen LogP contribution in [0.5, 0.6) is 0 Å². The fourth-order valence-electron chi connectivity index (χ4n) is 7.90. The van der Waals surface area contributed by atoms with E-state index >= 15 is 0 Å². The number of aliphatic hydroxyl groups excluding tert-OH is 1. The molecule has 0 aromatic carbocycles. The van der Waals surface area contributed by atoms with Gasteiger partial charge in [-0.15, -0.1) is 0 Å². The molecule has 0 saturated heterocycles. The monoisotopic (exact) mass is 855 g/mol. The minimum atomic E-state index is -0.765. The van der Waals surface area contributed by atoms with Gasteiger partial charge >= 0.3 is 11.9 Å². The second kappa shape index (κ2) is 52.2. The van der Waals surface area contributed by atoms with Gasteiger partial charge in [-0.3, -0.25) is 9.59 Å². The maximum atomic E-state index is 12.2. The molecule has 0 aliphatic carbocycles. The van der Waals surface area contributed by atoms with Crippen molar-refractivity contribution in [2.75, 3.05) is 13.2 Å². The molecule has 5 heteroatoms. The molecule has 0 rings (SSSR count). The Morgan fingerprint density at radius 1 is 0.393 bits per heavy atom. The SMILES string of the molecule is CC/C=C\C/C=C\C/C=C\C/C=C\CCCCCCCCCCCCCCCCCCCCCCCCCCC(=O)OC(CO)COC(=O)CCCCCCCCCCCC. The minimum Gasteiger partial charge on any atom is -0.462 e. The molecule has 0 aliphatic heterocycles. The van der Waals surface area contributed by atoms with Crippen LogP contribution < -0.4 is 0 Å². The Balaban J connectivity index is 3.36. The van der Waals surface area contributed by atoms with E-state index in [1.165, 1.54) is 186 Å². The molecule has 356 valence electrons. The predicted octanol–water partition coefficient (Wildman–Crippen LogP) is 17.7. The maximum absolute atomic E-state index is 12.2. The van der Waals surface area contributed by atoms with Crippen molar-refractivity contribution in [1.82, 2.24) is 0 Å². The lowest BCUT2D eigenvalue weighted by Crippen LogP contribution is -2.28. The third kappa shape index (κ3) is 50.4. The van der Waals surface area contributed by atoms with Gasteiger partial charge in [0.05, 0.1) is 6.61 Å². The first-order valence-corrected chi connectivity index (χ1v) is 26.7. The van der Waals surface area contributed by atoms with E-state index in [1.807, 2.05) is 0 Å². The Bertz CT molecular complexity index is 1010. The first kappa shape index (κ1) is 58.9. The second-order valence-electron chi connectivity index (χ2n) is 17.9. The third-order valence-electron chi connectivity index (χ3n) is 11.9. The Kier molecular flexibility index (Phi) is 50.4. The number of esters is 2. The van der Waals surface area contributed by atoms with Gasteiger partial charge in [-0.05, 0) is 51.4 Å². The number of rotatable bonds is 49. The molecule has 0 amide bonds. The molecule has 0 fully saturated rings. The summed E-state index contributed by atoms with van der Waals surface area (Å²) in [7, 11) is 0. The van der Waals surface area contributed by atoms with Crippen LogP contribution in [0.1, 0.15) is 277 Å². The van der Waals surface area contributed by atoms with Crippen LogP contribution in [-0.2, 0) is 19.1 Å². The van der Waals surface area contributed by atoms with Crippen molar-refractivity contribution in [3.05, 3.63) is 48.6 Å². The van der Waals surface area contributed by atoms with Gasteiger partial charge in [0, 0.05) is 12.8 Å². The molecular weight excluding hydrogens is 753 g/mol. The maximum Gasteiger partial charge on any atom is 0.306 e. The molecule has 0 saturated carbocycles. The number of carbonyl (C=O) groups is 2. The lowest BCUT2D eigenvalue weighted by molar-refractivity contribution is -0.161. The van der Waals surface area contributed by atoms with Gasteiger partial charge in [0.15, 0.2) is 6.10 Å². The molecule has 0 aromatic rings.